The summed E-state index contributed by atoms with van der Waals surface area (Å²) in [6, 6.07) is 0. The van der Waals surface area contributed by atoms with Gasteiger partial charge in [0.2, 0.25) is 0 Å². The Balaban J connectivity index is -0.0000000817. The minimum absolute atomic E-state index is 0. The Kier molecular flexibility index (Phi) is 25.3. The van der Waals surface area contributed by atoms with E-state index in [1.165, 1.54) is 0 Å². The molecular formula is C2H10NNa2O5P. The number of hydrogen-bond acceptors (Lipinski definition) is 3. The summed E-state index contributed by atoms with van der Waals surface area (Å²) < 4.78 is 13.7. The Morgan fingerprint density at radius 1 is 1.36 bits per heavy atom. The minimum atomic E-state index is -4.26. The van der Waals surface area contributed by atoms with Crippen molar-refractivity contribution in [3.63, 3.8) is 0 Å². The largest absolute Gasteiger partial charge is 0.469 e. The van der Waals surface area contributed by atoms with E-state index in [1.54, 1.807) is 0 Å². The van der Waals surface area contributed by atoms with Gasteiger partial charge < -0.3 is 21.0 Å². The van der Waals surface area contributed by atoms with Crippen LogP contribution >= 0.6 is 7.82 Å². The van der Waals surface area contributed by atoms with Crippen molar-refractivity contribution in [2.24, 2.45) is 5.73 Å². The van der Waals surface area contributed by atoms with Crippen molar-refractivity contribution in [2.45, 2.75) is 0 Å². The van der Waals surface area contributed by atoms with Crippen LogP contribution in [0.1, 0.15) is 0 Å². The molecule has 0 fully saturated rings. The van der Waals surface area contributed by atoms with Crippen LogP contribution in [0.25, 0.3) is 0 Å². The zero-order valence-electron chi connectivity index (χ0n) is 6.65. The van der Waals surface area contributed by atoms with E-state index in [9.17, 15) is 4.57 Å². The first-order valence-electron chi connectivity index (χ1n) is 1.96. The molecular weight excluding hydrogens is 195 g/mol. The molecule has 11 heavy (non-hydrogen) atoms. The molecule has 0 saturated carbocycles. The van der Waals surface area contributed by atoms with Gasteiger partial charge >= 0.3 is 7.82 Å². The van der Waals surface area contributed by atoms with Gasteiger partial charge in [0.1, 0.15) is 0 Å². The molecule has 0 spiro atoms. The van der Waals surface area contributed by atoms with Crippen molar-refractivity contribution in [3.05, 3.63) is 0 Å². The number of nitrogens with two attached hydrogens (primary N) is 1. The summed E-state index contributed by atoms with van der Waals surface area (Å²) in [5.74, 6) is 0. The first-order valence-corrected chi connectivity index (χ1v) is 3.49. The predicted molar refractivity (Wildman–Crippen MR) is 42.2 cm³/mol. The number of phosphoric acid groups is 1. The number of phosphoric ester groups is 1. The normalized spacial score (nSPS) is 8.64. The van der Waals surface area contributed by atoms with E-state index in [2.05, 4.69) is 4.52 Å². The molecule has 0 rings (SSSR count). The molecule has 6 nitrogen and oxygen atoms in total. The predicted octanol–water partition coefficient (Wildman–Crippen LogP) is -2.53. The van der Waals surface area contributed by atoms with Crippen molar-refractivity contribution in [1.82, 2.24) is 0 Å². The summed E-state index contributed by atoms with van der Waals surface area (Å²) in [5.41, 5.74) is 4.87. The second kappa shape index (κ2) is 12.0. The zero-order valence-corrected chi connectivity index (χ0v) is 11.5. The topological polar surface area (TPSA) is 124 Å². The van der Waals surface area contributed by atoms with Gasteiger partial charge in [0.15, 0.2) is 0 Å². The SMILES string of the molecule is NCCOP(=O)(O)O.O.[Na].[Na]. The van der Waals surface area contributed by atoms with Crippen LogP contribution in [0.4, 0.5) is 0 Å². The first-order chi connectivity index (χ1) is 3.56. The number of rotatable bonds is 3. The Hall–Kier alpha value is 2.03. The van der Waals surface area contributed by atoms with Gasteiger partial charge in [-0.3, -0.25) is 4.52 Å². The molecule has 0 aliphatic heterocycles. The molecule has 0 aliphatic rings. The van der Waals surface area contributed by atoms with Crippen LogP contribution in [0.15, 0.2) is 0 Å². The van der Waals surface area contributed by atoms with Crippen molar-refractivity contribution in [1.29, 1.82) is 0 Å². The molecule has 60 valence electrons. The monoisotopic (exact) mass is 205 g/mol. The standard InChI is InChI=1S/C2H8NO4P.2Na.H2O/c3-1-2-7-8(4,5)6;;;/h1-3H2,(H2,4,5,6);;;1H2. The van der Waals surface area contributed by atoms with Crippen LogP contribution in [0.2, 0.25) is 0 Å². The van der Waals surface area contributed by atoms with Crippen molar-refractivity contribution in [3.8, 4) is 0 Å². The van der Waals surface area contributed by atoms with Gasteiger partial charge in [-0.2, -0.15) is 0 Å². The quantitative estimate of drug-likeness (QED) is 0.346. The van der Waals surface area contributed by atoms with E-state index < -0.39 is 7.82 Å². The maximum absolute atomic E-state index is 9.81. The zero-order chi connectivity index (χ0) is 6.62. The third-order valence-electron chi connectivity index (χ3n) is 0.377. The van der Waals surface area contributed by atoms with Crippen LogP contribution in [0, 0.1) is 0 Å². The van der Waals surface area contributed by atoms with Gasteiger partial charge in [0, 0.05) is 65.7 Å². The summed E-state index contributed by atoms with van der Waals surface area (Å²) in [5, 5.41) is 0. The average Bonchev–Trinajstić information content (AvgIpc) is 1.59. The van der Waals surface area contributed by atoms with E-state index in [-0.39, 0.29) is 77.7 Å². The second-order valence-electron chi connectivity index (χ2n) is 1.11. The van der Waals surface area contributed by atoms with E-state index >= 15 is 0 Å². The Morgan fingerprint density at radius 2 is 1.73 bits per heavy atom. The van der Waals surface area contributed by atoms with Crippen LogP contribution in [-0.2, 0) is 9.09 Å². The first kappa shape index (κ1) is 23.1. The van der Waals surface area contributed by atoms with Crippen molar-refractivity contribution < 1.29 is 24.4 Å². The van der Waals surface area contributed by atoms with Gasteiger partial charge in [-0.1, -0.05) is 0 Å². The molecule has 6 N–H and O–H groups in total. The Labute approximate surface area is 109 Å². The molecule has 0 atom stereocenters. The van der Waals surface area contributed by atoms with E-state index in [4.69, 9.17) is 15.5 Å². The molecule has 0 aromatic rings. The maximum atomic E-state index is 9.81. The van der Waals surface area contributed by atoms with Gasteiger partial charge in [0.05, 0.1) is 6.61 Å². The fraction of sp³-hybridized carbons (Fsp3) is 1.00. The van der Waals surface area contributed by atoms with E-state index in [0.717, 1.165) is 0 Å². The summed E-state index contributed by atoms with van der Waals surface area (Å²) in [4.78, 5) is 16.0. The van der Waals surface area contributed by atoms with Crippen LogP contribution in [0.5, 0.6) is 0 Å². The minimum Gasteiger partial charge on any atom is -0.412 e. The maximum Gasteiger partial charge on any atom is 0.469 e. The van der Waals surface area contributed by atoms with E-state index in [0.29, 0.717) is 0 Å². The van der Waals surface area contributed by atoms with Crippen LogP contribution in [-0.4, -0.2) is 87.5 Å². The van der Waals surface area contributed by atoms with Crippen LogP contribution in [0.3, 0.4) is 0 Å². The molecule has 2 radical (unpaired) electrons. The number of hydrogen-bond donors (Lipinski definition) is 3. The molecule has 0 aromatic carbocycles. The molecule has 9 heteroatoms. The van der Waals surface area contributed by atoms with Crippen molar-refractivity contribution >= 4 is 66.9 Å². The molecule has 0 aromatic heterocycles. The molecule has 0 heterocycles. The van der Waals surface area contributed by atoms with Gasteiger partial charge in [0.25, 0.3) is 0 Å². The summed E-state index contributed by atoms with van der Waals surface area (Å²) in [7, 11) is -4.26. The molecule has 0 aliphatic carbocycles. The Morgan fingerprint density at radius 3 is 1.82 bits per heavy atom. The summed E-state index contributed by atoms with van der Waals surface area (Å²) >= 11 is 0. The molecule has 0 saturated heterocycles. The molecule has 0 bridgehead atoms. The fourth-order valence-electron chi connectivity index (χ4n) is 0.172. The second-order valence-corrected chi connectivity index (χ2v) is 2.35. The van der Waals surface area contributed by atoms with Crippen molar-refractivity contribution in [2.75, 3.05) is 13.2 Å². The van der Waals surface area contributed by atoms with Gasteiger partial charge in [-0.05, 0) is 0 Å². The summed E-state index contributed by atoms with van der Waals surface area (Å²) in [6.07, 6.45) is 0. The molecule has 0 unspecified atom stereocenters. The smallest absolute Gasteiger partial charge is 0.412 e. The molecule has 0 amide bonds. The Bertz CT molecular complexity index is 107. The average molecular weight is 205 g/mol. The fourth-order valence-corrected chi connectivity index (χ4v) is 0.515. The van der Waals surface area contributed by atoms with Gasteiger partial charge in [-0.25, -0.2) is 4.57 Å². The van der Waals surface area contributed by atoms with Crippen LogP contribution < -0.4 is 5.73 Å². The van der Waals surface area contributed by atoms with Gasteiger partial charge in [-0.15, -0.1) is 0 Å². The van der Waals surface area contributed by atoms with E-state index in [1.807, 2.05) is 0 Å². The summed E-state index contributed by atoms with van der Waals surface area (Å²) in [6.45, 7) is 0.00931. The third kappa shape index (κ3) is 24.5. The third-order valence-corrected chi connectivity index (χ3v) is 0.896.